The van der Waals surface area contributed by atoms with Crippen LogP contribution in [-0.2, 0) is 4.84 Å². The van der Waals surface area contributed by atoms with Gasteiger partial charge in [0.2, 0.25) is 0 Å². The zero-order valence-corrected chi connectivity index (χ0v) is 19.9. The third-order valence-electron chi connectivity index (χ3n) is 7.83. The van der Waals surface area contributed by atoms with E-state index in [2.05, 4.69) is 11.6 Å². The number of hydrogen-bond acceptors (Lipinski definition) is 6. The molecule has 0 unspecified atom stereocenters. The van der Waals surface area contributed by atoms with E-state index in [0.29, 0.717) is 24.0 Å². The molecule has 2 saturated carbocycles. The molecule has 0 bridgehead atoms. The van der Waals surface area contributed by atoms with E-state index >= 15 is 0 Å². The number of carbonyl (C=O) groups is 2. The molecule has 2 fully saturated rings. The number of fused-ring (bicyclic) bond motifs is 1. The Balaban J connectivity index is 1.17. The predicted molar refractivity (Wildman–Crippen MR) is 130 cm³/mol. The Morgan fingerprint density at radius 2 is 1.63 bits per heavy atom. The molecule has 182 valence electrons. The summed E-state index contributed by atoms with van der Waals surface area (Å²) in [5.41, 5.74) is 5.58. The fraction of sp³-hybridized carbons (Fsp3) is 0.429. The summed E-state index contributed by atoms with van der Waals surface area (Å²) in [4.78, 5) is 33.3. The van der Waals surface area contributed by atoms with Gasteiger partial charge in [-0.3, -0.25) is 24.8 Å². The van der Waals surface area contributed by atoms with Crippen molar-refractivity contribution >= 4 is 17.5 Å². The van der Waals surface area contributed by atoms with Gasteiger partial charge >= 0.3 is 0 Å². The van der Waals surface area contributed by atoms with E-state index in [4.69, 9.17) is 14.3 Å². The molecule has 7 nitrogen and oxygen atoms in total. The SMILES string of the molecule is COc1ccc(C2=CC3(CCC(N4C(=O)c5ccccc5C4=O)CC3)ON2)cc1OC1CCCC1. The van der Waals surface area contributed by atoms with Crippen LogP contribution in [0.25, 0.3) is 5.70 Å². The number of imide groups is 1. The highest BCUT2D eigenvalue weighted by Gasteiger charge is 2.45. The Kier molecular flexibility index (Phi) is 5.52. The number of nitrogens with one attached hydrogen (secondary N) is 1. The molecular weight excluding hydrogens is 444 g/mol. The molecule has 2 aliphatic heterocycles. The Morgan fingerprint density at radius 1 is 0.943 bits per heavy atom. The number of methoxy groups -OCH3 is 1. The minimum atomic E-state index is -0.448. The average molecular weight is 475 g/mol. The van der Waals surface area contributed by atoms with Crippen molar-refractivity contribution in [2.45, 2.75) is 69.1 Å². The number of carbonyl (C=O) groups excluding carboxylic acids is 2. The minimum Gasteiger partial charge on any atom is -0.493 e. The van der Waals surface area contributed by atoms with Gasteiger partial charge in [-0.2, -0.15) is 0 Å². The quantitative estimate of drug-likeness (QED) is 0.623. The van der Waals surface area contributed by atoms with Gasteiger partial charge < -0.3 is 9.47 Å². The first-order chi connectivity index (χ1) is 17.1. The number of hydrogen-bond donors (Lipinski definition) is 1. The molecule has 2 aliphatic carbocycles. The number of nitrogens with zero attached hydrogens (tertiary/aromatic N) is 1. The molecule has 1 spiro atoms. The summed E-state index contributed by atoms with van der Waals surface area (Å²) in [6, 6.07) is 12.9. The summed E-state index contributed by atoms with van der Waals surface area (Å²) >= 11 is 0. The molecule has 0 saturated heterocycles. The lowest BCUT2D eigenvalue weighted by molar-refractivity contribution is -0.0645. The van der Waals surface area contributed by atoms with Crippen molar-refractivity contribution in [1.29, 1.82) is 0 Å². The molecule has 6 rings (SSSR count). The summed E-state index contributed by atoms with van der Waals surface area (Å²) in [6.45, 7) is 0. The van der Waals surface area contributed by atoms with Crippen LogP contribution in [0.4, 0.5) is 0 Å². The van der Waals surface area contributed by atoms with E-state index in [1.54, 1.807) is 31.4 Å². The van der Waals surface area contributed by atoms with Gasteiger partial charge in [-0.05, 0) is 87.8 Å². The van der Waals surface area contributed by atoms with Crippen LogP contribution in [0.3, 0.4) is 0 Å². The summed E-state index contributed by atoms with van der Waals surface area (Å²) in [5.74, 6) is 1.13. The van der Waals surface area contributed by atoms with Gasteiger partial charge in [0, 0.05) is 11.6 Å². The third-order valence-corrected chi connectivity index (χ3v) is 7.83. The number of hydroxylamine groups is 1. The second-order valence-corrected chi connectivity index (χ2v) is 9.97. The van der Waals surface area contributed by atoms with Crippen molar-refractivity contribution in [3.05, 3.63) is 65.2 Å². The van der Waals surface area contributed by atoms with Crippen molar-refractivity contribution < 1.29 is 23.9 Å². The van der Waals surface area contributed by atoms with Crippen LogP contribution in [0.15, 0.2) is 48.5 Å². The minimum absolute atomic E-state index is 0.110. The van der Waals surface area contributed by atoms with Crippen molar-refractivity contribution in [2.75, 3.05) is 7.11 Å². The Hall–Kier alpha value is -3.32. The highest BCUT2D eigenvalue weighted by Crippen LogP contribution is 2.42. The first-order valence-corrected chi connectivity index (χ1v) is 12.6. The van der Waals surface area contributed by atoms with E-state index in [1.165, 1.54) is 17.7 Å². The summed E-state index contributed by atoms with van der Waals surface area (Å²) in [7, 11) is 1.66. The van der Waals surface area contributed by atoms with Crippen LogP contribution in [-0.4, -0.2) is 41.6 Å². The average Bonchev–Trinajstić information content (AvgIpc) is 3.61. The topological polar surface area (TPSA) is 77.1 Å². The van der Waals surface area contributed by atoms with Crippen LogP contribution in [0.1, 0.15) is 77.6 Å². The fourth-order valence-electron chi connectivity index (χ4n) is 5.88. The number of amides is 2. The molecule has 2 amide bonds. The Morgan fingerprint density at radius 3 is 2.29 bits per heavy atom. The molecule has 0 atom stereocenters. The zero-order valence-electron chi connectivity index (χ0n) is 19.9. The van der Waals surface area contributed by atoms with E-state index in [1.807, 2.05) is 18.2 Å². The summed E-state index contributed by atoms with van der Waals surface area (Å²) in [5, 5.41) is 0. The Labute approximate surface area is 205 Å². The maximum Gasteiger partial charge on any atom is 0.261 e. The van der Waals surface area contributed by atoms with Crippen LogP contribution >= 0.6 is 0 Å². The van der Waals surface area contributed by atoms with E-state index < -0.39 is 5.60 Å². The lowest BCUT2D eigenvalue weighted by Gasteiger charge is -2.37. The van der Waals surface area contributed by atoms with Gasteiger partial charge in [-0.25, -0.2) is 0 Å². The fourth-order valence-corrected chi connectivity index (χ4v) is 5.88. The summed E-state index contributed by atoms with van der Waals surface area (Å²) in [6.07, 6.45) is 9.81. The van der Waals surface area contributed by atoms with Crippen LogP contribution in [0, 0.1) is 0 Å². The van der Waals surface area contributed by atoms with Crippen molar-refractivity contribution in [3.63, 3.8) is 0 Å². The first kappa shape index (κ1) is 22.2. The van der Waals surface area contributed by atoms with Crippen molar-refractivity contribution in [2.24, 2.45) is 0 Å². The van der Waals surface area contributed by atoms with Gasteiger partial charge in [0.1, 0.15) is 5.60 Å². The molecule has 35 heavy (non-hydrogen) atoms. The third kappa shape index (κ3) is 3.88. The molecule has 2 heterocycles. The van der Waals surface area contributed by atoms with Crippen LogP contribution < -0.4 is 15.0 Å². The molecule has 4 aliphatic rings. The number of benzene rings is 2. The van der Waals surface area contributed by atoms with Gasteiger partial charge in [0.05, 0.1) is 30.0 Å². The normalized spacial score (nSPS) is 26.1. The molecule has 2 aromatic rings. The molecular formula is C28H30N2O5. The lowest BCUT2D eigenvalue weighted by Crippen LogP contribution is -2.46. The standard InChI is InChI=1S/C28H30N2O5/c1-33-24-11-10-18(16-25(24)34-20-6-2-3-7-20)23-17-28(35-29-23)14-12-19(13-15-28)30-26(31)21-8-4-5-9-22(21)27(30)32/h4-5,8-11,16-17,19-20,29H,2-3,6-7,12-15H2,1H3. The second-order valence-electron chi connectivity index (χ2n) is 9.97. The first-order valence-electron chi connectivity index (χ1n) is 12.6. The van der Waals surface area contributed by atoms with Gasteiger partial charge in [-0.1, -0.05) is 12.1 Å². The molecule has 2 aromatic carbocycles. The molecule has 0 radical (unpaired) electrons. The maximum atomic E-state index is 12.9. The summed E-state index contributed by atoms with van der Waals surface area (Å²) < 4.78 is 11.8. The highest BCUT2D eigenvalue weighted by molar-refractivity contribution is 6.21. The maximum absolute atomic E-state index is 12.9. The van der Waals surface area contributed by atoms with Crippen molar-refractivity contribution in [1.82, 2.24) is 10.4 Å². The van der Waals surface area contributed by atoms with Crippen LogP contribution in [0.5, 0.6) is 11.5 Å². The largest absolute Gasteiger partial charge is 0.493 e. The predicted octanol–water partition coefficient (Wildman–Crippen LogP) is 4.87. The van der Waals surface area contributed by atoms with E-state index in [0.717, 1.165) is 48.4 Å². The van der Waals surface area contributed by atoms with Gasteiger partial charge in [-0.15, -0.1) is 0 Å². The smallest absolute Gasteiger partial charge is 0.261 e. The van der Waals surface area contributed by atoms with E-state index in [9.17, 15) is 9.59 Å². The zero-order chi connectivity index (χ0) is 24.0. The van der Waals surface area contributed by atoms with Crippen molar-refractivity contribution in [3.8, 4) is 11.5 Å². The van der Waals surface area contributed by atoms with Gasteiger partial charge in [0.25, 0.3) is 11.8 Å². The highest BCUT2D eigenvalue weighted by atomic mass is 16.7. The Bertz CT molecular complexity index is 1160. The van der Waals surface area contributed by atoms with E-state index in [-0.39, 0.29) is 24.0 Å². The van der Waals surface area contributed by atoms with Gasteiger partial charge in [0.15, 0.2) is 11.5 Å². The number of ether oxygens (including phenoxy) is 2. The molecule has 0 aromatic heterocycles. The second kappa shape index (κ2) is 8.72. The lowest BCUT2D eigenvalue weighted by atomic mass is 9.81. The number of rotatable bonds is 5. The monoisotopic (exact) mass is 474 g/mol. The molecule has 7 heteroatoms. The molecule has 1 N–H and O–H groups in total. The van der Waals surface area contributed by atoms with Crippen LogP contribution in [0.2, 0.25) is 0 Å².